The molecule has 0 saturated carbocycles. The van der Waals surface area contributed by atoms with Gasteiger partial charge >= 0.3 is 5.97 Å². The summed E-state index contributed by atoms with van der Waals surface area (Å²) in [5, 5.41) is 49.2. The SMILES string of the molecule is C[C@H]1C/C=C\C(=N/CO)[C@@H](O)[C@@H](O)C/C=C/c2c(Cl)c(O)cc(O)c2C(=O)O1. The largest absolute Gasteiger partial charge is 0.507 e. The first-order valence-electron chi connectivity index (χ1n) is 8.56. The first kappa shape index (κ1) is 21.9. The Bertz CT molecular complexity index is 819. The van der Waals surface area contributed by atoms with E-state index in [4.69, 9.17) is 21.4 Å². The fourth-order valence-corrected chi connectivity index (χ4v) is 2.88. The lowest BCUT2D eigenvalue weighted by molar-refractivity contribution is 0.0344. The second-order valence-corrected chi connectivity index (χ2v) is 6.62. The number of aliphatic hydroxyl groups excluding tert-OH is 3. The zero-order valence-corrected chi connectivity index (χ0v) is 15.9. The second kappa shape index (κ2) is 9.70. The van der Waals surface area contributed by atoms with E-state index in [1.165, 1.54) is 18.2 Å². The second-order valence-electron chi connectivity index (χ2n) is 6.25. The van der Waals surface area contributed by atoms with E-state index in [2.05, 4.69) is 4.99 Å². The van der Waals surface area contributed by atoms with Crippen molar-refractivity contribution < 1.29 is 35.1 Å². The van der Waals surface area contributed by atoms with Crippen molar-refractivity contribution in [3.8, 4) is 11.5 Å². The van der Waals surface area contributed by atoms with E-state index in [0.717, 1.165) is 6.07 Å². The Labute approximate surface area is 166 Å². The standard InChI is InChI=1S/C19H22ClNO7/c1-10-4-2-6-12(21-9-22)18(26)13(23)7-3-5-11-16(19(27)28-10)14(24)8-15(25)17(11)20/h2-3,5-6,8,10,13,18,22-26H,4,7,9H2,1H3/b5-3+,6-2-,21-12+/t10-,13-,18+/m0/s1. The number of halogens is 1. The maximum absolute atomic E-state index is 12.5. The number of ether oxygens (including phenoxy) is 1. The molecule has 1 heterocycles. The minimum absolute atomic E-state index is 0.0231. The van der Waals surface area contributed by atoms with Crippen molar-refractivity contribution in [1.82, 2.24) is 0 Å². The topological polar surface area (TPSA) is 140 Å². The number of aliphatic imine (C=N–C) groups is 1. The number of benzene rings is 1. The van der Waals surface area contributed by atoms with Gasteiger partial charge in [-0.2, -0.15) is 0 Å². The number of cyclic esters (lactones) is 1. The first-order valence-corrected chi connectivity index (χ1v) is 8.93. The minimum atomic E-state index is -1.36. The summed E-state index contributed by atoms with van der Waals surface area (Å²) in [5.41, 5.74) is -0.118. The van der Waals surface area contributed by atoms with Crippen molar-refractivity contribution in [3.63, 3.8) is 0 Å². The number of phenols is 2. The van der Waals surface area contributed by atoms with Gasteiger partial charge in [0.15, 0.2) is 0 Å². The lowest BCUT2D eigenvalue weighted by Gasteiger charge is -2.18. The Kier molecular flexibility index (Phi) is 7.59. The van der Waals surface area contributed by atoms with Crippen LogP contribution < -0.4 is 0 Å². The average Bonchev–Trinajstić information content (AvgIpc) is 2.63. The van der Waals surface area contributed by atoms with Crippen molar-refractivity contribution in [2.24, 2.45) is 4.99 Å². The zero-order valence-electron chi connectivity index (χ0n) is 15.1. The van der Waals surface area contributed by atoms with Gasteiger partial charge in [0.1, 0.15) is 36.0 Å². The van der Waals surface area contributed by atoms with Crippen LogP contribution in [0.5, 0.6) is 11.5 Å². The van der Waals surface area contributed by atoms with Crippen LogP contribution in [0.1, 0.15) is 35.7 Å². The fraction of sp³-hybridized carbons (Fsp3) is 0.368. The molecule has 28 heavy (non-hydrogen) atoms. The van der Waals surface area contributed by atoms with Crippen molar-refractivity contribution in [3.05, 3.63) is 40.4 Å². The number of aromatic hydroxyl groups is 2. The Morgan fingerprint density at radius 1 is 1.18 bits per heavy atom. The highest BCUT2D eigenvalue weighted by Gasteiger charge is 2.24. The highest BCUT2D eigenvalue weighted by atomic mass is 35.5. The van der Waals surface area contributed by atoms with Gasteiger partial charge < -0.3 is 30.3 Å². The molecule has 0 radical (unpaired) electrons. The molecule has 0 saturated heterocycles. The van der Waals surface area contributed by atoms with Crippen LogP contribution in [-0.2, 0) is 4.74 Å². The van der Waals surface area contributed by atoms with Gasteiger partial charge in [-0.3, -0.25) is 4.99 Å². The number of carbonyl (C=O) groups is 1. The fourth-order valence-electron chi connectivity index (χ4n) is 2.67. The monoisotopic (exact) mass is 411 g/mol. The van der Waals surface area contributed by atoms with Gasteiger partial charge in [0.2, 0.25) is 0 Å². The summed E-state index contributed by atoms with van der Waals surface area (Å²) in [5.74, 6) is -1.76. The normalized spacial score (nSPS) is 27.5. The molecule has 0 aromatic heterocycles. The third kappa shape index (κ3) is 5.11. The van der Waals surface area contributed by atoms with E-state index in [1.54, 1.807) is 13.0 Å². The van der Waals surface area contributed by atoms with Gasteiger partial charge in [-0.1, -0.05) is 29.8 Å². The number of hydrogen-bond acceptors (Lipinski definition) is 8. The molecule has 8 nitrogen and oxygen atoms in total. The molecule has 1 aromatic rings. The molecule has 1 aliphatic rings. The maximum atomic E-state index is 12.5. The summed E-state index contributed by atoms with van der Waals surface area (Å²) in [6, 6.07) is 0.945. The Morgan fingerprint density at radius 3 is 2.54 bits per heavy atom. The van der Waals surface area contributed by atoms with E-state index < -0.39 is 42.5 Å². The maximum Gasteiger partial charge on any atom is 0.342 e. The van der Waals surface area contributed by atoms with E-state index >= 15 is 0 Å². The quantitative estimate of drug-likeness (QED) is 0.443. The van der Waals surface area contributed by atoms with Crippen molar-refractivity contribution in [1.29, 1.82) is 0 Å². The lowest BCUT2D eigenvalue weighted by atomic mass is 10.0. The molecule has 3 atom stereocenters. The van der Waals surface area contributed by atoms with Crippen LogP contribution in [0.4, 0.5) is 0 Å². The average molecular weight is 412 g/mol. The molecule has 0 amide bonds. The van der Waals surface area contributed by atoms with Crippen LogP contribution in [0.25, 0.3) is 6.08 Å². The van der Waals surface area contributed by atoms with E-state index in [0.29, 0.717) is 0 Å². The Hall–Kier alpha value is -2.39. The third-order valence-electron chi connectivity index (χ3n) is 4.11. The van der Waals surface area contributed by atoms with Crippen molar-refractivity contribution in [2.45, 2.75) is 38.1 Å². The number of phenolic OH excluding ortho intramolecular Hbond substituents is 2. The van der Waals surface area contributed by atoms with Crippen molar-refractivity contribution >= 4 is 29.4 Å². The molecule has 2 rings (SSSR count). The first-order chi connectivity index (χ1) is 13.3. The Balaban J connectivity index is 2.51. The van der Waals surface area contributed by atoms with Crippen LogP contribution in [0.3, 0.4) is 0 Å². The number of nitrogens with zero attached hydrogens (tertiary/aromatic N) is 1. The summed E-state index contributed by atoms with van der Waals surface area (Å²) in [7, 11) is 0. The summed E-state index contributed by atoms with van der Waals surface area (Å²) in [4.78, 5) is 16.3. The Morgan fingerprint density at radius 2 is 1.86 bits per heavy atom. The van der Waals surface area contributed by atoms with Gasteiger partial charge in [-0.25, -0.2) is 4.79 Å². The minimum Gasteiger partial charge on any atom is -0.507 e. The number of fused-ring (bicyclic) bond motifs is 1. The molecule has 152 valence electrons. The van der Waals surface area contributed by atoms with Gasteiger partial charge in [-0.05, 0) is 19.4 Å². The molecule has 9 heteroatoms. The van der Waals surface area contributed by atoms with Crippen molar-refractivity contribution in [2.75, 3.05) is 6.73 Å². The third-order valence-corrected chi connectivity index (χ3v) is 4.51. The summed E-state index contributed by atoms with van der Waals surface area (Å²) in [6.45, 7) is 1.06. The zero-order chi connectivity index (χ0) is 20.8. The molecule has 0 fully saturated rings. The molecule has 0 unspecified atom stereocenters. The van der Waals surface area contributed by atoms with Crippen LogP contribution in [0.15, 0.2) is 29.3 Å². The summed E-state index contributed by atoms with van der Waals surface area (Å²) in [6.07, 6.45) is 2.73. The highest BCUT2D eigenvalue weighted by Crippen LogP contribution is 2.37. The van der Waals surface area contributed by atoms with Gasteiger partial charge in [-0.15, -0.1) is 0 Å². The number of hydrogen-bond donors (Lipinski definition) is 5. The molecule has 0 aliphatic carbocycles. The number of rotatable bonds is 1. The number of carbonyl (C=O) groups excluding carboxylic acids is 1. The molecule has 1 aliphatic heterocycles. The van der Waals surface area contributed by atoms with E-state index in [1.807, 2.05) is 0 Å². The van der Waals surface area contributed by atoms with E-state index in [-0.39, 0.29) is 34.7 Å². The highest BCUT2D eigenvalue weighted by molar-refractivity contribution is 6.34. The van der Waals surface area contributed by atoms with Crippen LogP contribution in [0.2, 0.25) is 5.02 Å². The molecule has 1 aromatic carbocycles. The molecule has 0 spiro atoms. The lowest BCUT2D eigenvalue weighted by Crippen LogP contribution is -2.33. The predicted molar refractivity (Wildman–Crippen MR) is 104 cm³/mol. The van der Waals surface area contributed by atoms with Crippen LogP contribution in [0, 0.1) is 0 Å². The summed E-state index contributed by atoms with van der Waals surface area (Å²) >= 11 is 6.08. The van der Waals surface area contributed by atoms with Gasteiger partial charge in [0, 0.05) is 18.1 Å². The summed E-state index contributed by atoms with van der Waals surface area (Å²) < 4.78 is 5.32. The predicted octanol–water partition coefficient (Wildman–Crippen LogP) is 1.77. The van der Waals surface area contributed by atoms with Gasteiger partial charge in [0.05, 0.1) is 16.8 Å². The van der Waals surface area contributed by atoms with Crippen LogP contribution in [-0.4, -0.2) is 62.3 Å². The van der Waals surface area contributed by atoms with Gasteiger partial charge in [0.25, 0.3) is 0 Å². The molecular weight excluding hydrogens is 390 g/mol. The van der Waals surface area contributed by atoms with Crippen LogP contribution >= 0.6 is 11.6 Å². The number of esters is 1. The molecule has 5 N–H and O–H groups in total. The smallest absolute Gasteiger partial charge is 0.342 e. The molecular formula is C19H22ClNO7. The van der Waals surface area contributed by atoms with E-state index in [9.17, 15) is 25.2 Å². The number of aliphatic hydroxyl groups is 3. The molecule has 0 bridgehead atoms.